The topological polar surface area (TPSA) is 24.9 Å². The summed E-state index contributed by atoms with van der Waals surface area (Å²) in [5, 5.41) is 3.46. The van der Waals surface area contributed by atoms with Crippen LogP contribution in [0, 0.1) is 0 Å². The number of aromatic nitrogens is 1. The fourth-order valence-electron chi connectivity index (χ4n) is 1.83. The van der Waals surface area contributed by atoms with Crippen molar-refractivity contribution >= 4 is 0 Å². The van der Waals surface area contributed by atoms with Crippen LogP contribution in [-0.4, -0.2) is 11.5 Å². The fourth-order valence-corrected chi connectivity index (χ4v) is 1.83. The van der Waals surface area contributed by atoms with E-state index in [0.29, 0.717) is 0 Å². The van der Waals surface area contributed by atoms with E-state index in [4.69, 9.17) is 0 Å². The van der Waals surface area contributed by atoms with E-state index in [2.05, 4.69) is 41.1 Å². The maximum Gasteiger partial charge on any atom is 0.0580 e. The van der Waals surface area contributed by atoms with E-state index in [1.807, 2.05) is 36.7 Å². The minimum absolute atomic E-state index is 0.192. The molecule has 0 spiro atoms. The van der Waals surface area contributed by atoms with Crippen molar-refractivity contribution in [3.8, 4) is 0 Å². The Morgan fingerprint density at radius 1 is 1.06 bits per heavy atom. The largest absolute Gasteiger partial charge is 0.303 e. The second-order valence-corrected chi connectivity index (χ2v) is 3.82. The number of nitrogens with one attached hydrogen (secondary N) is 1. The fraction of sp³-hybridized carbons (Fsp3) is 0.133. The molecule has 1 unspecified atom stereocenters. The first kappa shape index (κ1) is 11.6. The molecule has 2 aromatic rings. The van der Waals surface area contributed by atoms with Crippen molar-refractivity contribution in [3.63, 3.8) is 0 Å². The molecule has 1 aromatic carbocycles. The number of hydrogen-bond donors (Lipinski definition) is 1. The first-order chi connectivity index (χ1) is 8.42. The van der Waals surface area contributed by atoms with Gasteiger partial charge in [-0.1, -0.05) is 36.4 Å². The first-order valence-corrected chi connectivity index (χ1v) is 5.71. The van der Waals surface area contributed by atoms with E-state index in [1.165, 1.54) is 11.1 Å². The van der Waals surface area contributed by atoms with Gasteiger partial charge in [0, 0.05) is 18.9 Å². The standard InChI is InChI=1S/C15H16N2/c1-2-10-17-15(13-6-4-3-5-7-13)14-8-11-16-12-9-14/h2-9,11-12,15,17H,1,10H2. The SMILES string of the molecule is C=CCNC(c1ccccc1)c1ccncc1. The second kappa shape index (κ2) is 5.97. The lowest BCUT2D eigenvalue weighted by atomic mass is 10.00. The van der Waals surface area contributed by atoms with Gasteiger partial charge in [-0.05, 0) is 23.3 Å². The molecule has 0 saturated heterocycles. The Bertz CT molecular complexity index is 411. The number of nitrogens with zero attached hydrogens (tertiary/aromatic N) is 1. The summed E-state index contributed by atoms with van der Waals surface area (Å²) < 4.78 is 0. The van der Waals surface area contributed by atoms with Crippen LogP contribution in [0.3, 0.4) is 0 Å². The molecule has 86 valence electrons. The molecule has 2 rings (SSSR count). The quantitative estimate of drug-likeness (QED) is 0.790. The summed E-state index contributed by atoms with van der Waals surface area (Å²) >= 11 is 0. The lowest BCUT2D eigenvalue weighted by Gasteiger charge is -2.18. The molecule has 0 aliphatic rings. The molecule has 0 aliphatic carbocycles. The molecule has 17 heavy (non-hydrogen) atoms. The average molecular weight is 224 g/mol. The van der Waals surface area contributed by atoms with Gasteiger partial charge in [0.2, 0.25) is 0 Å². The summed E-state index contributed by atoms with van der Waals surface area (Å²) in [6.07, 6.45) is 5.51. The third-order valence-corrected chi connectivity index (χ3v) is 2.64. The van der Waals surface area contributed by atoms with Crippen molar-refractivity contribution in [2.45, 2.75) is 6.04 Å². The second-order valence-electron chi connectivity index (χ2n) is 3.82. The molecule has 0 fully saturated rings. The van der Waals surface area contributed by atoms with E-state index in [0.717, 1.165) is 6.54 Å². The molecule has 0 aliphatic heterocycles. The summed E-state index contributed by atoms with van der Waals surface area (Å²) in [6.45, 7) is 4.52. The highest BCUT2D eigenvalue weighted by atomic mass is 14.9. The lowest BCUT2D eigenvalue weighted by Crippen LogP contribution is -2.22. The number of hydrogen-bond acceptors (Lipinski definition) is 2. The molecule has 0 radical (unpaired) electrons. The Hall–Kier alpha value is -1.93. The molecule has 0 bridgehead atoms. The van der Waals surface area contributed by atoms with Crippen LogP contribution in [0.1, 0.15) is 17.2 Å². The van der Waals surface area contributed by atoms with E-state index in [1.54, 1.807) is 0 Å². The molecule has 2 heteroatoms. The monoisotopic (exact) mass is 224 g/mol. The number of pyridine rings is 1. The molecular weight excluding hydrogens is 208 g/mol. The smallest absolute Gasteiger partial charge is 0.0580 e. The molecule has 1 N–H and O–H groups in total. The van der Waals surface area contributed by atoms with Crippen molar-refractivity contribution < 1.29 is 0 Å². The molecule has 2 nitrogen and oxygen atoms in total. The van der Waals surface area contributed by atoms with Gasteiger partial charge in [0.1, 0.15) is 0 Å². The predicted octanol–water partition coefficient (Wildman–Crippen LogP) is 2.95. The van der Waals surface area contributed by atoms with Gasteiger partial charge in [-0.3, -0.25) is 4.98 Å². The van der Waals surface area contributed by atoms with E-state index >= 15 is 0 Å². The third kappa shape index (κ3) is 3.02. The van der Waals surface area contributed by atoms with Gasteiger partial charge in [-0.15, -0.1) is 6.58 Å². The average Bonchev–Trinajstić information content (AvgIpc) is 2.42. The summed E-state index contributed by atoms with van der Waals surface area (Å²) in [4.78, 5) is 4.05. The Balaban J connectivity index is 2.29. The molecule has 1 aromatic heterocycles. The van der Waals surface area contributed by atoms with Gasteiger partial charge in [0.25, 0.3) is 0 Å². The first-order valence-electron chi connectivity index (χ1n) is 5.71. The summed E-state index contributed by atoms with van der Waals surface area (Å²) in [6, 6.07) is 14.7. The zero-order valence-corrected chi connectivity index (χ0v) is 9.71. The zero-order valence-electron chi connectivity index (χ0n) is 9.71. The van der Waals surface area contributed by atoms with Gasteiger partial charge in [-0.2, -0.15) is 0 Å². The minimum atomic E-state index is 0.192. The maximum absolute atomic E-state index is 4.05. The van der Waals surface area contributed by atoms with Gasteiger partial charge in [-0.25, -0.2) is 0 Å². The van der Waals surface area contributed by atoms with Gasteiger partial charge < -0.3 is 5.32 Å². The van der Waals surface area contributed by atoms with Gasteiger partial charge in [0.15, 0.2) is 0 Å². The molecule has 1 atom stereocenters. The van der Waals surface area contributed by atoms with Crippen LogP contribution in [0.2, 0.25) is 0 Å². The highest BCUT2D eigenvalue weighted by molar-refractivity contribution is 5.30. The molecule has 0 saturated carbocycles. The van der Waals surface area contributed by atoms with Crippen LogP contribution in [0.5, 0.6) is 0 Å². The van der Waals surface area contributed by atoms with E-state index in [-0.39, 0.29) is 6.04 Å². The Labute approximate surface area is 102 Å². The number of benzene rings is 1. The van der Waals surface area contributed by atoms with Crippen LogP contribution in [-0.2, 0) is 0 Å². The Kier molecular flexibility index (Phi) is 4.05. The third-order valence-electron chi connectivity index (χ3n) is 2.64. The van der Waals surface area contributed by atoms with E-state index < -0.39 is 0 Å². The molecule has 1 heterocycles. The molecule has 0 amide bonds. The van der Waals surface area contributed by atoms with Crippen molar-refractivity contribution in [1.82, 2.24) is 10.3 Å². The lowest BCUT2D eigenvalue weighted by molar-refractivity contribution is 0.652. The van der Waals surface area contributed by atoms with Crippen LogP contribution in [0.4, 0.5) is 0 Å². The normalized spacial score (nSPS) is 12.0. The van der Waals surface area contributed by atoms with Crippen LogP contribution in [0.15, 0.2) is 67.5 Å². The van der Waals surface area contributed by atoms with Crippen molar-refractivity contribution in [2.24, 2.45) is 0 Å². The van der Waals surface area contributed by atoms with E-state index in [9.17, 15) is 0 Å². The minimum Gasteiger partial charge on any atom is -0.303 e. The highest BCUT2D eigenvalue weighted by Crippen LogP contribution is 2.20. The number of rotatable bonds is 5. The summed E-state index contributed by atoms with van der Waals surface area (Å²) in [5.41, 5.74) is 2.47. The van der Waals surface area contributed by atoms with Gasteiger partial charge in [0.05, 0.1) is 6.04 Å². The van der Waals surface area contributed by atoms with Crippen molar-refractivity contribution in [3.05, 3.63) is 78.6 Å². The van der Waals surface area contributed by atoms with Crippen LogP contribution < -0.4 is 5.32 Å². The summed E-state index contributed by atoms with van der Waals surface area (Å²) in [5.74, 6) is 0. The van der Waals surface area contributed by atoms with Crippen LogP contribution in [0.25, 0.3) is 0 Å². The maximum atomic E-state index is 4.05. The Morgan fingerprint density at radius 3 is 2.35 bits per heavy atom. The summed E-state index contributed by atoms with van der Waals surface area (Å²) in [7, 11) is 0. The van der Waals surface area contributed by atoms with Crippen molar-refractivity contribution in [2.75, 3.05) is 6.54 Å². The Morgan fingerprint density at radius 2 is 1.71 bits per heavy atom. The highest BCUT2D eigenvalue weighted by Gasteiger charge is 2.11. The van der Waals surface area contributed by atoms with Crippen molar-refractivity contribution in [1.29, 1.82) is 0 Å². The zero-order chi connectivity index (χ0) is 11.9. The van der Waals surface area contributed by atoms with Gasteiger partial charge >= 0.3 is 0 Å². The molecular formula is C15H16N2. The predicted molar refractivity (Wildman–Crippen MR) is 70.7 cm³/mol. The van der Waals surface area contributed by atoms with Crippen LogP contribution >= 0.6 is 0 Å².